The van der Waals surface area contributed by atoms with Gasteiger partial charge in [0, 0.05) is 0 Å². The van der Waals surface area contributed by atoms with Crippen LogP contribution in [0.2, 0.25) is 0 Å². The lowest BCUT2D eigenvalue weighted by molar-refractivity contribution is -0.137. The van der Waals surface area contributed by atoms with Gasteiger partial charge in [-0.3, -0.25) is 0 Å². The van der Waals surface area contributed by atoms with Gasteiger partial charge in [-0.25, -0.2) is 0 Å². The summed E-state index contributed by atoms with van der Waals surface area (Å²) in [4.78, 5) is 0. The second-order valence-electron chi connectivity index (χ2n) is 3.87. The van der Waals surface area contributed by atoms with Gasteiger partial charge < -0.3 is 9.47 Å². The summed E-state index contributed by atoms with van der Waals surface area (Å²) in [6, 6.07) is 0. The fourth-order valence-electron chi connectivity index (χ4n) is 0.737. The van der Waals surface area contributed by atoms with Gasteiger partial charge in [0.15, 0.2) is 0 Å². The Morgan fingerprint density at radius 3 is 1.92 bits per heavy atom. The average Bonchev–Trinajstić information content (AvgIpc) is 1.85. The molecular weight excluding hydrogens is 152 g/mol. The molecule has 12 heavy (non-hydrogen) atoms. The minimum absolute atomic E-state index is 0.0434. The summed E-state index contributed by atoms with van der Waals surface area (Å²) in [6.45, 7) is 13.8. The van der Waals surface area contributed by atoms with Gasteiger partial charge in [-0.1, -0.05) is 5.57 Å². The predicted molar refractivity (Wildman–Crippen MR) is 51.3 cm³/mol. The van der Waals surface area contributed by atoms with E-state index in [0.29, 0.717) is 0 Å². The van der Waals surface area contributed by atoms with Crippen molar-refractivity contribution >= 4 is 0 Å². The lowest BCUT2D eigenvalue weighted by Crippen LogP contribution is -2.37. The van der Waals surface area contributed by atoms with Crippen molar-refractivity contribution in [3.8, 4) is 0 Å². The molecule has 1 heterocycles. The van der Waals surface area contributed by atoms with Crippen LogP contribution in [0.3, 0.4) is 0 Å². The summed E-state index contributed by atoms with van der Waals surface area (Å²) in [5.41, 5.74) is 1.12. The fraction of sp³-hybridized carbons (Fsp3) is 0.800. The maximum atomic E-state index is 5.34. The molecule has 1 aliphatic rings. The molecule has 0 amide bonds. The first-order chi connectivity index (χ1) is 5.44. The molecule has 2 heteroatoms. The van der Waals surface area contributed by atoms with Gasteiger partial charge in [0.25, 0.3) is 0 Å². The molecule has 1 rings (SSSR count). The van der Waals surface area contributed by atoms with Gasteiger partial charge in [0.1, 0.15) is 0 Å². The van der Waals surface area contributed by atoms with E-state index in [1.165, 1.54) is 5.57 Å². The van der Waals surface area contributed by atoms with Crippen LogP contribution in [-0.4, -0.2) is 25.4 Å². The van der Waals surface area contributed by atoms with Gasteiger partial charge in [-0.2, -0.15) is 0 Å². The van der Waals surface area contributed by atoms with Crippen LogP contribution in [0.25, 0.3) is 0 Å². The standard InChI is InChI=1S/C6H12O2.C4H8/c1-6(2)5-7-3-4-8-6;1-4(2)3/h3-5H2,1-2H3;1H2,2-3H3. The number of ether oxygens (including phenoxy) is 2. The Morgan fingerprint density at radius 1 is 1.25 bits per heavy atom. The Labute approximate surface area is 75.6 Å². The maximum absolute atomic E-state index is 5.34. The Bertz CT molecular complexity index is 127. The number of hydrogen-bond acceptors (Lipinski definition) is 2. The molecule has 0 unspecified atom stereocenters. The van der Waals surface area contributed by atoms with E-state index in [9.17, 15) is 0 Å². The van der Waals surface area contributed by atoms with Gasteiger partial charge in [-0.05, 0) is 27.7 Å². The van der Waals surface area contributed by atoms with Crippen molar-refractivity contribution in [1.29, 1.82) is 0 Å². The topological polar surface area (TPSA) is 18.5 Å². The molecular formula is C10H20O2. The average molecular weight is 172 g/mol. The minimum Gasteiger partial charge on any atom is -0.376 e. The number of allylic oxidation sites excluding steroid dienone is 1. The molecule has 0 radical (unpaired) electrons. The van der Waals surface area contributed by atoms with Crippen LogP contribution >= 0.6 is 0 Å². The van der Waals surface area contributed by atoms with Crippen molar-refractivity contribution in [3.05, 3.63) is 12.2 Å². The minimum atomic E-state index is -0.0434. The van der Waals surface area contributed by atoms with Gasteiger partial charge in [-0.15, -0.1) is 6.58 Å². The Hall–Kier alpha value is -0.340. The van der Waals surface area contributed by atoms with E-state index in [0.717, 1.165) is 19.8 Å². The third-order valence-electron chi connectivity index (χ3n) is 1.17. The van der Waals surface area contributed by atoms with Crippen molar-refractivity contribution < 1.29 is 9.47 Å². The highest BCUT2D eigenvalue weighted by Gasteiger charge is 2.21. The largest absolute Gasteiger partial charge is 0.376 e. The highest BCUT2D eigenvalue weighted by Crippen LogP contribution is 2.12. The van der Waals surface area contributed by atoms with E-state index in [4.69, 9.17) is 9.47 Å². The molecule has 0 aromatic carbocycles. The number of rotatable bonds is 0. The molecule has 1 fully saturated rings. The van der Waals surface area contributed by atoms with E-state index in [2.05, 4.69) is 6.58 Å². The first-order valence-corrected chi connectivity index (χ1v) is 4.28. The van der Waals surface area contributed by atoms with Crippen LogP contribution in [0.5, 0.6) is 0 Å². The lowest BCUT2D eigenvalue weighted by Gasteiger charge is -2.29. The molecule has 2 nitrogen and oxygen atoms in total. The quantitative estimate of drug-likeness (QED) is 0.522. The molecule has 0 atom stereocenters. The summed E-state index contributed by atoms with van der Waals surface area (Å²) < 4.78 is 10.5. The lowest BCUT2D eigenvalue weighted by atomic mass is 10.1. The maximum Gasteiger partial charge on any atom is 0.0860 e. The van der Waals surface area contributed by atoms with E-state index >= 15 is 0 Å². The summed E-state index contributed by atoms with van der Waals surface area (Å²) in [5.74, 6) is 0. The Balaban J connectivity index is 0.000000261. The molecule has 0 aromatic rings. The molecule has 72 valence electrons. The van der Waals surface area contributed by atoms with E-state index in [1.807, 2.05) is 27.7 Å². The normalized spacial score (nSPS) is 20.7. The van der Waals surface area contributed by atoms with Crippen LogP contribution < -0.4 is 0 Å². The van der Waals surface area contributed by atoms with Crippen molar-refractivity contribution in [3.63, 3.8) is 0 Å². The molecule has 0 bridgehead atoms. The summed E-state index contributed by atoms with van der Waals surface area (Å²) in [6.07, 6.45) is 0. The monoisotopic (exact) mass is 172 g/mol. The van der Waals surface area contributed by atoms with E-state index in [-0.39, 0.29) is 5.60 Å². The van der Waals surface area contributed by atoms with Gasteiger partial charge >= 0.3 is 0 Å². The molecule has 0 aromatic heterocycles. The highest BCUT2D eigenvalue weighted by molar-refractivity contribution is 4.78. The van der Waals surface area contributed by atoms with Crippen LogP contribution in [-0.2, 0) is 9.47 Å². The third kappa shape index (κ3) is 7.76. The molecule has 0 spiro atoms. The zero-order chi connectivity index (χ0) is 9.61. The second-order valence-corrected chi connectivity index (χ2v) is 3.87. The first kappa shape index (κ1) is 11.7. The molecule has 1 aliphatic heterocycles. The van der Waals surface area contributed by atoms with E-state index in [1.54, 1.807) is 0 Å². The fourth-order valence-corrected chi connectivity index (χ4v) is 0.737. The second kappa shape index (κ2) is 5.33. The SMILES string of the molecule is C=C(C)C.CC1(C)COCCO1. The molecule has 0 N–H and O–H groups in total. The molecule has 0 aliphatic carbocycles. The van der Waals surface area contributed by atoms with Crippen molar-refractivity contribution in [2.75, 3.05) is 19.8 Å². The van der Waals surface area contributed by atoms with E-state index < -0.39 is 0 Å². The summed E-state index contributed by atoms with van der Waals surface area (Å²) in [5, 5.41) is 0. The van der Waals surface area contributed by atoms with Crippen LogP contribution in [0.1, 0.15) is 27.7 Å². The Kier molecular flexibility index (Phi) is 5.18. The third-order valence-corrected chi connectivity index (χ3v) is 1.17. The molecule has 0 saturated carbocycles. The van der Waals surface area contributed by atoms with Crippen molar-refractivity contribution in [2.45, 2.75) is 33.3 Å². The zero-order valence-electron chi connectivity index (χ0n) is 8.64. The Morgan fingerprint density at radius 2 is 1.75 bits per heavy atom. The van der Waals surface area contributed by atoms with Crippen molar-refractivity contribution in [2.24, 2.45) is 0 Å². The zero-order valence-corrected chi connectivity index (χ0v) is 8.64. The summed E-state index contributed by atoms with van der Waals surface area (Å²) >= 11 is 0. The van der Waals surface area contributed by atoms with Crippen LogP contribution in [0.4, 0.5) is 0 Å². The van der Waals surface area contributed by atoms with Gasteiger partial charge in [0.05, 0.1) is 25.4 Å². The van der Waals surface area contributed by atoms with Crippen LogP contribution in [0.15, 0.2) is 12.2 Å². The van der Waals surface area contributed by atoms with Crippen LogP contribution in [0, 0.1) is 0 Å². The smallest absolute Gasteiger partial charge is 0.0860 e. The van der Waals surface area contributed by atoms with Gasteiger partial charge in [0.2, 0.25) is 0 Å². The predicted octanol–water partition coefficient (Wildman–Crippen LogP) is 2.39. The number of hydrogen-bond donors (Lipinski definition) is 0. The summed E-state index contributed by atoms with van der Waals surface area (Å²) in [7, 11) is 0. The first-order valence-electron chi connectivity index (χ1n) is 4.28. The molecule has 1 saturated heterocycles. The van der Waals surface area contributed by atoms with Crippen molar-refractivity contribution in [1.82, 2.24) is 0 Å². The highest BCUT2D eigenvalue weighted by atomic mass is 16.6.